The van der Waals surface area contributed by atoms with Gasteiger partial charge in [0.2, 0.25) is 0 Å². The van der Waals surface area contributed by atoms with Gasteiger partial charge in [-0.1, -0.05) is 84.9 Å². The summed E-state index contributed by atoms with van der Waals surface area (Å²) in [5, 5.41) is 0. The van der Waals surface area contributed by atoms with Crippen molar-refractivity contribution in [3.05, 3.63) is 101 Å². The Hall–Kier alpha value is -2.60. The van der Waals surface area contributed by atoms with E-state index in [2.05, 4.69) is 48.6 Å². The van der Waals surface area contributed by atoms with Crippen LogP contribution in [0.25, 0.3) is 17.2 Å². The van der Waals surface area contributed by atoms with Gasteiger partial charge < -0.3 is 0 Å². The summed E-state index contributed by atoms with van der Waals surface area (Å²) < 4.78 is 0. The lowest BCUT2D eigenvalue weighted by Crippen LogP contribution is -2.09. The minimum atomic E-state index is 1.20. The maximum absolute atomic E-state index is 2.32. The van der Waals surface area contributed by atoms with E-state index in [0.29, 0.717) is 0 Å². The molecule has 0 heteroatoms. The molecule has 0 spiro atoms. The molecule has 2 aliphatic rings. The molecular weight excluding hydrogens is 288 g/mol. The first-order chi connectivity index (χ1) is 11.9. The summed E-state index contributed by atoms with van der Waals surface area (Å²) in [5.74, 6) is 0. The monoisotopic (exact) mass is 310 g/mol. The molecule has 0 saturated carbocycles. The Kier molecular flexibility index (Phi) is 4.29. The Labute approximate surface area is 144 Å². The smallest absolute Gasteiger partial charge is 0.0146 e. The van der Waals surface area contributed by atoms with Crippen molar-refractivity contribution in [2.24, 2.45) is 0 Å². The fourth-order valence-electron chi connectivity index (χ4n) is 3.78. The molecule has 0 radical (unpaired) electrons. The molecule has 0 fully saturated rings. The topological polar surface area (TPSA) is 0 Å². The zero-order valence-electron chi connectivity index (χ0n) is 13.9. The SMILES string of the molecule is C1=Cc2ccc3c(c2CC1)CCc1ccccc1-3.c1ccccc1. The fraction of sp³-hybridized carbons (Fsp3) is 0.167. The molecule has 0 aliphatic heterocycles. The van der Waals surface area contributed by atoms with Gasteiger partial charge in [0, 0.05) is 0 Å². The van der Waals surface area contributed by atoms with Crippen LogP contribution in [-0.4, -0.2) is 0 Å². The van der Waals surface area contributed by atoms with Crippen LogP contribution >= 0.6 is 0 Å². The van der Waals surface area contributed by atoms with Gasteiger partial charge in [-0.15, -0.1) is 0 Å². The predicted octanol–water partition coefficient (Wildman–Crippen LogP) is 6.10. The zero-order valence-corrected chi connectivity index (χ0v) is 13.9. The molecule has 3 aromatic rings. The molecule has 3 aromatic carbocycles. The summed E-state index contributed by atoms with van der Waals surface area (Å²) in [5.41, 5.74) is 9.10. The summed E-state index contributed by atoms with van der Waals surface area (Å²) >= 11 is 0. The maximum Gasteiger partial charge on any atom is -0.0146 e. The summed E-state index contributed by atoms with van der Waals surface area (Å²) in [6.45, 7) is 0. The van der Waals surface area contributed by atoms with Crippen molar-refractivity contribution in [2.75, 3.05) is 0 Å². The third-order valence-electron chi connectivity index (χ3n) is 4.94. The van der Waals surface area contributed by atoms with E-state index < -0.39 is 0 Å². The molecule has 0 heterocycles. The highest BCUT2D eigenvalue weighted by Gasteiger charge is 2.20. The molecule has 0 bridgehead atoms. The highest BCUT2D eigenvalue weighted by Crippen LogP contribution is 2.38. The van der Waals surface area contributed by atoms with Crippen molar-refractivity contribution >= 4 is 6.08 Å². The molecule has 0 N–H and O–H groups in total. The van der Waals surface area contributed by atoms with E-state index in [1.807, 2.05) is 36.4 Å². The van der Waals surface area contributed by atoms with Crippen LogP contribution in [0.15, 0.2) is 78.9 Å². The third kappa shape index (κ3) is 2.92. The average molecular weight is 310 g/mol. The summed E-state index contributed by atoms with van der Waals surface area (Å²) in [4.78, 5) is 0. The number of fused-ring (bicyclic) bond motifs is 5. The second-order valence-corrected chi connectivity index (χ2v) is 6.41. The van der Waals surface area contributed by atoms with Crippen LogP contribution in [0.1, 0.15) is 28.7 Å². The Morgan fingerprint density at radius 1 is 0.542 bits per heavy atom. The minimum Gasteiger partial charge on any atom is -0.0836 e. The van der Waals surface area contributed by atoms with Crippen LogP contribution < -0.4 is 0 Å². The van der Waals surface area contributed by atoms with E-state index in [4.69, 9.17) is 0 Å². The lowest BCUT2D eigenvalue weighted by Gasteiger charge is -2.25. The predicted molar refractivity (Wildman–Crippen MR) is 103 cm³/mol. The van der Waals surface area contributed by atoms with E-state index in [-0.39, 0.29) is 0 Å². The molecule has 118 valence electrons. The van der Waals surface area contributed by atoms with Gasteiger partial charge in [-0.3, -0.25) is 0 Å². The van der Waals surface area contributed by atoms with Crippen molar-refractivity contribution in [2.45, 2.75) is 25.7 Å². The van der Waals surface area contributed by atoms with E-state index in [1.165, 1.54) is 47.9 Å². The Morgan fingerprint density at radius 3 is 2.08 bits per heavy atom. The first-order valence-corrected chi connectivity index (χ1v) is 8.83. The van der Waals surface area contributed by atoms with Crippen molar-refractivity contribution < 1.29 is 0 Å². The highest BCUT2D eigenvalue weighted by atomic mass is 14.2. The standard InChI is InChI=1S/C18H16.C6H6/c1-3-7-15-13(5-1)9-11-18-16-8-4-2-6-14(16)10-12-17(15)18;1-2-4-6-5-3-1/h1-3,5-7,10,12H,4,8-9,11H2;1-6H. The van der Waals surface area contributed by atoms with Crippen LogP contribution in [0.4, 0.5) is 0 Å². The van der Waals surface area contributed by atoms with Crippen molar-refractivity contribution in [3.8, 4) is 11.1 Å². The normalized spacial score (nSPS) is 13.8. The molecule has 0 aromatic heterocycles. The van der Waals surface area contributed by atoms with Gasteiger partial charge in [-0.05, 0) is 59.1 Å². The quantitative estimate of drug-likeness (QED) is 0.471. The average Bonchev–Trinajstić information content (AvgIpc) is 2.69. The lowest BCUT2D eigenvalue weighted by atomic mass is 9.80. The van der Waals surface area contributed by atoms with Crippen LogP contribution in [0.3, 0.4) is 0 Å². The molecule has 24 heavy (non-hydrogen) atoms. The Bertz CT molecular complexity index is 830. The van der Waals surface area contributed by atoms with E-state index in [9.17, 15) is 0 Å². The first kappa shape index (κ1) is 15.0. The second kappa shape index (κ2) is 6.88. The lowest BCUT2D eigenvalue weighted by molar-refractivity contribution is 0.887. The summed E-state index contributed by atoms with van der Waals surface area (Å²) in [6.07, 6.45) is 9.42. The van der Waals surface area contributed by atoms with Crippen LogP contribution in [0.2, 0.25) is 0 Å². The largest absolute Gasteiger partial charge is 0.0836 e. The maximum atomic E-state index is 2.32. The molecule has 2 aliphatic carbocycles. The number of hydrogen-bond acceptors (Lipinski definition) is 0. The third-order valence-corrected chi connectivity index (χ3v) is 4.94. The molecule has 0 nitrogen and oxygen atoms in total. The van der Waals surface area contributed by atoms with Crippen LogP contribution in [0, 0.1) is 0 Å². The van der Waals surface area contributed by atoms with Crippen molar-refractivity contribution in [1.29, 1.82) is 0 Å². The van der Waals surface area contributed by atoms with Gasteiger partial charge in [-0.2, -0.15) is 0 Å². The van der Waals surface area contributed by atoms with Gasteiger partial charge in [0.15, 0.2) is 0 Å². The molecular formula is C24H22. The van der Waals surface area contributed by atoms with Gasteiger partial charge >= 0.3 is 0 Å². The minimum absolute atomic E-state index is 1.20. The van der Waals surface area contributed by atoms with Crippen LogP contribution in [0.5, 0.6) is 0 Å². The number of allylic oxidation sites excluding steroid dienone is 1. The number of hydrogen-bond donors (Lipinski definition) is 0. The Morgan fingerprint density at radius 2 is 1.29 bits per heavy atom. The van der Waals surface area contributed by atoms with Gasteiger partial charge in [0.1, 0.15) is 0 Å². The Balaban J connectivity index is 0.000000207. The van der Waals surface area contributed by atoms with E-state index in [0.717, 1.165) is 0 Å². The van der Waals surface area contributed by atoms with Crippen LogP contribution in [-0.2, 0) is 19.3 Å². The highest BCUT2D eigenvalue weighted by molar-refractivity contribution is 5.77. The summed E-state index contributed by atoms with van der Waals surface area (Å²) in [7, 11) is 0. The summed E-state index contributed by atoms with van der Waals surface area (Å²) in [6, 6.07) is 25.5. The number of benzene rings is 3. The van der Waals surface area contributed by atoms with Crippen molar-refractivity contribution in [1.82, 2.24) is 0 Å². The van der Waals surface area contributed by atoms with E-state index in [1.54, 1.807) is 11.1 Å². The van der Waals surface area contributed by atoms with Gasteiger partial charge in [0.05, 0.1) is 0 Å². The fourth-order valence-corrected chi connectivity index (χ4v) is 3.78. The van der Waals surface area contributed by atoms with Gasteiger partial charge in [-0.25, -0.2) is 0 Å². The van der Waals surface area contributed by atoms with Crippen molar-refractivity contribution in [3.63, 3.8) is 0 Å². The molecule has 0 amide bonds. The second-order valence-electron chi connectivity index (χ2n) is 6.41. The number of aryl methyl sites for hydroxylation is 1. The molecule has 5 rings (SSSR count). The van der Waals surface area contributed by atoms with E-state index >= 15 is 0 Å². The number of rotatable bonds is 0. The first-order valence-electron chi connectivity index (χ1n) is 8.83. The molecule has 0 unspecified atom stereocenters. The van der Waals surface area contributed by atoms with Gasteiger partial charge in [0.25, 0.3) is 0 Å². The molecule has 0 saturated heterocycles. The molecule has 0 atom stereocenters. The zero-order chi connectivity index (χ0) is 16.2.